The molecule has 1 saturated carbocycles. The van der Waals surface area contributed by atoms with Gasteiger partial charge in [-0.15, -0.1) is 11.8 Å². The van der Waals surface area contributed by atoms with E-state index in [9.17, 15) is 9.59 Å². The van der Waals surface area contributed by atoms with Gasteiger partial charge in [0, 0.05) is 22.6 Å². The van der Waals surface area contributed by atoms with Crippen molar-refractivity contribution in [2.45, 2.75) is 50.3 Å². The van der Waals surface area contributed by atoms with Gasteiger partial charge in [0.1, 0.15) is 23.9 Å². The number of benzene rings is 2. The first kappa shape index (κ1) is 26.2. The number of hydrogen-bond acceptors (Lipinski definition) is 6. The highest BCUT2D eigenvalue weighted by Crippen LogP contribution is 2.50. The Balaban J connectivity index is 1.75. The molecule has 0 saturated heterocycles. The molecule has 2 aromatic carbocycles. The molecule has 200 valence electrons. The number of aromatic nitrogens is 2. The Morgan fingerprint density at radius 1 is 1.08 bits per heavy atom. The number of ether oxygens (including phenoxy) is 2. The number of fused-ring (bicyclic) bond motifs is 1. The van der Waals surface area contributed by atoms with Gasteiger partial charge >= 0.3 is 0 Å². The van der Waals surface area contributed by atoms with E-state index in [1.54, 1.807) is 30.9 Å². The lowest BCUT2D eigenvalue weighted by Crippen LogP contribution is -2.43. The SMILES string of the molecule is COc1ccc(-n2nc(C(C)(C)C)c3c2N(CC(=O)NC2CC2)C(=O)CS[C@H]3c2ccccc2OC)cc1. The Bertz CT molecular complexity index is 1340. The van der Waals surface area contributed by atoms with Gasteiger partial charge in [-0.1, -0.05) is 39.0 Å². The van der Waals surface area contributed by atoms with E-state index in [1.807, 2.05) is 53.2 Å². The van der Waals surface area contributed by atoms with E-state index in [2.05, 4.69) is 26.1 Å². The second-order valence-electron chi connectivity index (χ2n) is 10.7. The van der Waals surface area contributed by atoms with Crippen LogP contribution >= 0.6 is 11.8 Å². The van der Waals surface area contributed by atoms with Crippen LogP contribution in [0, 0.1) is 0 Å². The lowest BCUT2D eigenvalue weighted by molar-refractivity contribution is -0.123. The minimum Gasteiger partial charge on any atom is -0.497 e. The van der Waals surface area contributed by atoms with E-state index in [0.717, 1.165) is 46.8 Å². The topological polar surface area (TPSA) is 85.7 Å². The second kappa shape index (κ2) is 10.4. The molecule has 2 aliphatic rings. The molecular weight excluding hydrogens is 500 g/mol. The summed E-state index contributed by atoms with van der Waals surface area (Å²) in [5.41, 5.74) is 3.21. The van der Waals surface area contributed by atoms with E-state index < -0.39 is 0 Å². The van der Waals surface area contributed by atoms with E-state index >= 15 is 0 Å². The number of nitrogens with zero attached hydrogens (tertiary/aromatic N) is 3. The molecule has 1 atom stereocenters. The average Bonchev–Trinajstić information content (AvgIpc) is 3.65. The fraction of sp³-hybridized carbons (Fsp3) is 0.414. The maximum Gasteiger partial charge on any atom is 0.240 e. The molecule has 5 rings (SSSR count). The minimum atomic E-state index is -0.335. The Morgan fingerprint density at radius 3 is 2.42 bits per heavy atom. The third-order valence-corrected chi connectivity index (χ3v) is 8.02. The number of amides is 2. The quantitative estimate of drug-likeness (QED) is 0.476. The molecule has 1 aliphatic carbocycles. The van der Waals surface area contributed by atoms with Crippen LogP contribution in [0.25, 0.3) is 5.69 Å². The summed E-state index contributed by atoms with van der Waals surface area (Å²) in [5.74, 6) is 2.03. The molecule has 0 unspecified atom stereocenters. The van der Waals surface area contributed by atoms with Crippen molar-refractivity contribution >= 4 is 29.4 Å². The van der Waals surface area contributed by atoms with Gasteiger partial charge in [-0.3, -0.25) is 14.5 Å². The van der Waals surface area contributed by atoms with Crippen LogP contribution in [0.15, 0.2) is 48.5 Å². The molecule has 2 heterocycles. The number of methoxy groups -OCH3 is 2. The third kappa shape index (κ3) is 5.12. The van der Waals surface area contributed by atoms with Crippen molar-refractivity contribution in [2.75, 3.05) is 31.4 Å². The number of anilines is 1. The third-order valence-electron chi connectivity index (χ3n) is 6.78. The average molecular weight is 535 g/mol. The zero-order valence-electron chi connectivity index (χ0n) is 22.5. The number of hydrogen-bond donors (Lipinski definition) is 1. The zero-order valence-corrected chi connectivity index (χ0v) is 23.3. The Morgan fingerprint density at radius 2 is 1.79 bits per heavy atom. The predicted octanol–water partition coefficient (Wildman–Crippen LogP) is 4.63. The van der Waals surface area contributed by atoms with Crippen LogP contribution in [0.4, 0.5) is 5.82 Å². The number of rotatable bonds is 7. The fourth-order valence-corrected chi connectivity index (χ4v) is 5.97. The van der Waals surface area contributed by atoms with Crippen LogP contribution in [-0.4, -0.2) is 54.2 Å². The van der Waals surface area contributed by atoms with Crippen LogP contribution in [0.2, 0.25) is 0 Å². The van der Waals surface area contributed by atoms with Gasteiger partial charge in [0.15, 0.2) is 0 Å². The zero-order chi connectivity index (χ0) is 27.0. The van der Waals surface area contributed by atoms with Crippen LogP contribution in [0.1, 0.15) is 55.7 Å². The van der Waals surface area contributed by atoms with Crippen LogP contribution < -0.4 is 19.7 Å². The number of carbonyl (C=O) groups is 2. The first-order valence-electron chi connectivity index (χ1n) is 12.8. The van der Waals surface area contributed by atoms with E-state index in [-0.39, 0.29) is 40.8 Å². The molecule has 1 aliphatic heterocycles. The lowest BCUT2D eigenvalue weighted by atomic mass is 9.87. The maximum atomic E-state index is 13.7. The molecule has 1 fully saturated rings. The largest absolute Gasteiger partial charge is 0.497 e. The summed E-state index contributed by atoms with van der Waals surface area (Å²) in [6, 6.07) is 15.7. The first-order chi connectivity index (χ1) is 18.2. The Hall–Kier alpha value is -3.46. The summed E-state index contributed by atoms with van der Waals surface area (Å²) in [5, 5.41) is 7.94. The Labute approximate surface area is 227 Å². The van der Waals surface area contributed by atoms with Crippen molar-refractivity contribution in [1.82, 2.24) is 15.1 Å². The summed E-state index contributed by atoms with van der Waals surface area (Å²) in [6.45, 7) is 6.30. The van der Waals surface area contributed by atoms with Gasteiger partial charge in [0.2, 0.25) is 11.8 Å². The van der Waals surface area contributed by atoms with Crippen LogP contribution in [0.5, 0.6) is 11.5 Å². The standard InChI is InChI=1S/C29H34N4O4S/c1-29(2,3)27-25-26(21-8-6-7-9-22(21)37-5)38-17-24(35)32(16-23(34)30-18-10-11-18)28(25)33(31-27)19-12-14-20(36-4)15-13-19/h6-9,12-15,18,26H,10-11,16-17H2,1-5H3,(H,30,34)/t26-/m0/s1. The molecule has 38 heavy (non-hydrogen) atoms. The summed E-state index contributed by atoms with van der Waals surface area (Å²) in [7, 11) is 3.28. The number of carbonyl (C=O) groups excluding carboxylic acids is 2. The molecular formula is C29H34N4O4S. The first-order valence-corrected chi connectivity index (χ1v) is 13.9. The van der Waals surface area contributed by atoms with Gasteiger partial charge < -0.3 is 14.8 Å². The molecule has 3 aromatic rings. The summed E-state index contributed by atoms with van der Waals surface area (Å²) < 4.78 is 12.9. The molecule has 0 radical (unpaired) electrons. The summed E-state index contributed by atoms with van der Waals surface area (Å²) in [6.07, 6.45) is 1.96. The monoisotopic (exact) mass is 534 g/mol. The summed E-state index contributed by atoms with van der Waals surface area (Å²) in [4.78, 5) is 28.4. The van der Waals surface area contributed by atoms with Crippen molar-refractivity contribution in [2.24, 2.45) is 0 Å². The van der Waals surface area contributed by atoms with Crippen molar-refractivity contribution in [1.29, 1.82) is 0 Å². The molecule has 8 nitrogen and oxygen atoms in total. The van der Waals surface area contributed by atoms with Crippen LogP contribution in [-0.2, 0) is 15.0 Å². The maximum absolute atomic E-state index is 13.7. The molecule has 0 spiro atoms. The van der Waals surface area contributed by atoms with Gasteiger partial charge in [0.25, 0.3) is 0 Å². The molecule has 1 aromatic heterocycles. The van der Waals surface area contributed by atoms with Crippen molar-refractivity contribution < 1.29 is 19.1 Å². The number of nitrogens with one attached hydrogen (secondary N) is 1. The predicted molar refractivity (Wildman–Crippen MR) is 150 cm³/mol. The van der Waals surface area contributed by atoms with Crippen LogP contribution in [0.3, 0.4) is 0 Å². The normalized spacial score (nSPS) is 17.6. The van der Waals surface area contributed by atoms with Crippen molar-refractivity contribution in [3.8, 4) is 17.2 Å². The van der Waals surface area contributed by atoms with Gasteiger partial charge in [0.05, 0.1) is 36.6 Å². The fourth-order valence-electron chi connectivity index (χ4n) is 4.75. The smallest absolute Gasteiger partial charge is 0.240 e. The van der Waals surface area contributed by atoms with E-state index in [0.29, 0.717) is 5.82 Å². The van der Waals surface area contributed by atoms with Crippen molar-refractivity contribution in [3.63, 3.8) is 0 Å². The summed E-state index contributed by atoms with van der Waals surface area (Å²) >= 11 is 1.54. The van der Waals surface area contributed by atoms with E-state index in [4.69, 9.17) is 14.6 Å². The molecule has 0 bridgehead atoms. The highest BCUT2D eigenvalue weighted by Gasteiger charge is 2.41. The second-order valence-corrected chi connectivity index (χ2v) is 11.8. The van der Waals surface area contributed by atoms with E-state index in [1.165, 1.54) is 0 Å². The molecule has 1 N–H and O–H groups in total. The molecule has 9 heteroatoms. The number of para-hydroxylation sites is 1. The molecule has 2 amide bonds. The van der Waals surface area contributed by atoms with Crippen molar-refractivity contribution in [3.05, 3.63) is 65.4 Å². The lowest BCUT2D eigenvalue weighted by Gasteiger charge is -2.25. The number of thioether (sulfide) groups is 1. The highest BCUT2D eigenvalue weighted by molar-refractivity contribution is 8.00. The van der Waals surface area contributed by atoms with Gasteiger partial charge in [-0.2, -0.15) is 5.10 Å². The Kier molecular flexibility index (Phi) is 7.13. The van der Waals surface area contributed by atoms with Gasteiger partial charge in [-0.05, 0) is 43.2 Å². The van der Waals surface area contributed by atoms with Gasteiger partial charge in [-0.25, -0.2) is 4.68 Å². The minimum absolute atomic E-state index is 0.0625. The highest BCUT2D eigenvalue weighted by atomic mass is 32.2.